The molecule has 146 valence electrons. The van der Waals surface area contributed by atoms with Gasteiger partial charge in [0.1, 0.15) is 5.75 Å². The van der Waals surface area contributed by atoms with Crippen LogP contribution in [0.3, 0.4) is 0 Å². The van der Waals surface area contributed by atoms with E-state index in [0.717, 1.165) is 57.6 Å². The first-order valence-corrected chi connectivity index (χ1v) is 9.54. The molecule has 0 radical (unpaired) electrons. The van der Waals surface area contributed by atoms with Crippen molar-refractivity contribution < 1.29 is 9.47 Å². The van der Waals surface area contributed by atoms with E-state index in [0.29, 0.717) is 6.54 Å². The number of ether oxygens (including phenoxy) is 2. The summed E-state index contributed by atoms with van der Waals surface area (Å²) >= 11 is 0. The summed E-state index contributed by atoms with van der Waals surface area (Å²) in [7, 11) is 1.80. The van der Waals surface area contributed by atoms with Gasteiger partial charge < -0.3 is 20.1 Å². The van der Waals surface area contributed by atoms with Gasteiger partial charge in [-0.05, 0) is 38.0 Å². The van der Waals surface area contributed by atoms with E-state index in [1.807, 2.05) is 12.1 Å². The van der Waals surface area contributed by atoms with Gasteiger partial charge in [-0.15, -0.1) is 0 Å². The summed E-state index contributed by atoms with van der Waals surface area (Å²) in [5, 5.41) is 6.84. The third-order valence-corrected chi connectivity index (χ3v) is 4.61. The standard InChI is InChI=1S/C20H34N4O2/c1-5-11-26-18-8-6-7-17(14-18)15-22-19(21-4)23-16-20(2,3)24-9-12-25-13-10-24/h6-8,14H,5,9-13,15-16H2,1-4H3,(H2,21,22,23). The van der Waals surface area contributed by atoms with Crippen molar-refractivity contribution in [1.82, 2.24) is 15.5 Å². The van der Waals surface area contributed by atoms with E-state index < -0.39 is 0 Å². The Hall–Kier alpha value is -1.79. The molecule has 1 aromatic carbocycles. The number of hydrogen-bond acceptors (Lipinski definition) is 4. The summed E-state index contributed by atoms with van der Waals surface area (Å²) in [5.74, 6) is 1.73. The van der Waals surface area contributed by atoms with Crippen molar-refractivity contribution in [1.29, 1.82) is 0 Å². The molecule has 1 aromatic rings. The third kappa shape index (κ3) is 6.50. The van der Waals surface area contributed by atoms with Crippen molar-refractivity contribution in [3.63, 3.8) is 0 Å². The Morgan fingerprint density at radius 2 is 2.04 bits per heavy atom. The molecule has 0 amide bonds. The molecule has 6 heteroatoms. The average Bonchev–Trinajstić information content (AvgIpc) is 2.67. The molecule has 1 saturated heterocycles. The molecule has 1 aliphatic heterocycles. The molecule has 1 heterocycles. The second kappa shape index (κ2) is 10.4. The molecule has 1 aliphatic rings. The lowest BCUT2D eigenvalue weighted by Gasteiger charge is -2.41. The first-order valence-electron chi connectivity index (χ1n) is 9.54. The first-order chi connectivity index (χ1) is 12.5. The smallest absolute Gasteiger partial charge is 0.191 e. The van der Waals surface area contributed by atoms with Crippen LogP contribution in [0.5, 0.6) is 5.75 Å². The van der Waals surface area contributed by atoms with Crippen LogP contribution >= 0.6 is 0 Å². The minimum absolute atomic E-state index is 0.0509. The molecule has 0 spiro atoms. The van der Waals surface area contributed by atoms with Crippen molar-refractivity contribution in [2.75, 3.05) is 46.5 Å². The van der Waals surface area contributed by atoms with Gasteiger partial charge in [-0.1, -0.05) is 19.1 Å². The van der Waals surface area contributed by atoms with Crippen LogP contribution in [0.25, 0.3) is 0 Å². The summed E-state index contributed by atoms with van der Waals surface area (Å²) in [6.07, 6.45) is 1.01. The van der Waals surface area contributed by atoms with Crippen LogP contribution in [0.2, 0.25) is 0 Å². The number of guanidine groups is 1. The topological polar surface area (TPSA) is 58.1 Å². The van der Waals surface area contributed by atoms with Crippen LogP contribution in [0.1, 0.15) is 32.8 Å². The fraction of sp³-hybridized carbons (Fsp3) is 0.650. The highest BCUT2D eigenvalue weighted by atomic mass is 16.5. The number of benzene rings is 1. The molecule has 0 atom stereocenters. The summed E-state index contributed by atoms with van der Waals surface area (Å²) in [5.41, 5.74) is 1.23. The van der Waals surface area contributed by atoms with Crippen molar-refractivity contribution in [2.24, 2.45) is 4.99 Å². The van der Waals surface area contributed by atoms with Crippen molar-refractivity contribution in [3.8, 4) is 5.75 Å². The van der Waals surface area contributed by atoms with E-state index in [-0.39, 0.29) is 5.54 Å². The minimum Gasteiger partial charge on any atom is -0.494 e. The Labute approximate surface area is 158 Å². The molecule has 2 rings (SSSR count). The maximum absolute atomic E-state index is 5.70. The quantitative estimate of drug-likeness (QED) is 0.549. The second-order valence-corrected chi connectivity index (χ2v) is 7.19. The van der Waals surface area contributed by atoms with Gasteiger partial charge in [-0.2, -0.15) is 0 Å². The zero-order valence-corrected chi connectivity index (χ0v) is 16.7. The van der Waals surface area contributed by atoms with E-state index in [1.54, 1.807) is 7.05 Å². The number of aliphatic imine (C=N–C) groups is 1. The maximum atomic E-state index is 5.70. The highest BCUT2D eigenvalue weighted by Crippen LogP contribution is 2.15. The van der Waals surface area contributed by atoms with Crippen LogP contribution in [0.15, 0.2) is 29.3 Å². The van der Waals surface area contributed by atoms with E-state index in [2.05, 4.69) is 53.4 Å². The van der Waals surface area contributed by atoms with Gasteiger partial charge in [-0.25, -0.2) is 0 Å². The van der Waals surface area contributed by atoms with E-state index in [9.17, 15) is 0 Å². The van der Waals surface area contributed by atoms with Crippen LogP contribution in [-0.4, -0.2) is 62.9 Å². The Kier molecular flexibility index (Phi) is 8.19. The predicted octanol–water partition coefficient (Wildman–Crippen LogP) is 2.25. The Balaban J connectivity index is 1.82. The van der Waals surface area contributed by atoms with Crippen LogP contribution < -0.4 is 15.4 Å². The van der Waals surface area contributed by atoms with Gasteiger partial charge in [0.2, 0.25) is 0 Å². The van der Waals surface area contributed by atoms with Crippen LogP contribution in [-0.2, 0) is 11.3 Å². The van der Waals surface area contributed by atoms with Gasteiger partial charge in [0.05, 0.1) is 19.8 Å². The van der Waals surface area contributed by atoms with Crippen molar-refractivity contribution in [3.05, 3.63) is 29.8 Å². The Bertz CT molecular complexity index is 569. The molecule has 0 saturated carbocycles. The van der Waals surface area contributed by atoms with E-state index in [4.69, 9.17) is 9.47 Å². The van der Waals surface area contributed by atoms with Crippen molar-refractivity contribution >= 4 is 5.96 Å². The van der Waals surface area contributed by atoms with Gasteiger partial charge >= 0.3 is 0 Å². The van der Waals surface area contributed by atoms with Gasteiger partial charge in [0, 0.05) is 38.8 Å². The molecule has 26 heavy (non-hydrogen) atoms. The monoisotopic (exact) mass is 362 g/mol. The molecule has 0 aliphatic carbocycles. The van der Waals surface area contributed by atoms with Gasteiger partial charge in [0.15, 0.2) is 5.96 Å². The summed E-state index contributed by atoms with van der Waals surface area (Å²) < 4.78 is 11.2. The predicted molar refractivity (Wildman–Crippen MR) is 107 cm³/mol. The molecule has 2 N–H and O–H groups in total. The van der Waals surface area contributed by atoms with Crippen LogP contribution in [0.4, 0.5) is 0 Å². The van der Waals surface area contributed by atoms with E-state index >= 15 is 0 Å². The summed E-state index contributed by atoms with van der Waals surface area (Å²) in [6.45, 7) is 12.5. The Morgan fingerprint density at radius 1 is 1.27 bits per heavy atom. The number of rotatable bonds is 8. The van der Waals surface area contributed by atoms with Crippen LogP contribution in [0, 0.1) is 0 Å². The number of nitrogens with zero attached hydrogens (tertiary/aromatic N) is 2. The SMILES string of the molecule is CCCOc1cccc(CNC(=NC)NCC(C)(C)N2CCOCC2)c1. The summed E-state index contributed by atoms with van der Waals surface area (Å²) in [4.78, 5) is 6.81. The fourth-order valence-electron chi connectivity index (χ4n) is 2.95. The third-order valence-electron chi connectivity index (χ3n) is 4.61. The normalized spacial score (nSPS) is 16.4. The highest BCUT2D eigenvalue weighted by molar-refractivity contribution is 5.79. The van der Waals surface area contributed by atoms with Gasteiger partial charge in [-0.3, -0.25) is 9.89 Å². The largest absolute Gasteiger partial charge is 0.494 e. The summed E-state index contributed by atoms with van der Waals surface area (Å²) in [6, 6.07) is 8.20. The average molecular weight is 363 g/mol. The number of hydrogen-bond donors (Lipinski definition) is 2. The molecule has 0 bridgehead atoms. The number of morpholine rings is 1. The molecule has 6 nitrogen and oxygen atoms in total. The zero-order valence-electron chi connectivity index (χ0n) is 16.7. The minimum atomic E-state index is 0.0509. The highest BCUT2D eigenvalue weighted by Gasteiger charge is 2.28. The molecular formula is C20H34N4O2. The van der Waals surface area contributed by atoms with Gasteiger partial charge in [0.25, 0.3) is 0 Å². The second-order valence-electron chi connectivity index (χ2n) is 7.19. The fourth-order valence-corrected chi connectivity index (χ4v) is 2.95. The molecule has 1 fully saturated rings. The Morgan fingerprint density at radius 3 is 2.73 bits per heavy atom. The zero-order chi connectivity index (χ0) is 18.8. The molecule has 0 unspecified atom stereocenters. The molecule has 0 aromatic heterocycles. The number of nitrogens with one attached hydrogen (secondary N) is 2. The lowest BCUT2D eigenvalue weighted by atomic mass is 10.0. The van der Waals surface area contributed by atoms with E-state index in [1.165, 1.54) is 5.56 Å². The molecular weight excluding hydrogens is 328 g/mol. The van der Waals surface area contributed by atoms with Crippen molar-refractivity contribution in [2.45, 2.75) is 39.3 Å². The first kappa shape index (κ1) is 20.5. The lowest BCUT2D eigenvalue weighted by molar-refractivity contribution is -0.00834. The maximum Gasteiger partial charge on any atom is 0.191 e. The lowest BCUT2D eigenvalue weighted by Crippen LogP contribution is -2.56.